The van der Waals surface area contributed by atoms with E-state index in [1.54, 1.807) is 19.2 Å². The van der Waals surface area contributed by atoms with Crippen LogP contribution in [0.15, 0.2) is 23.2 Å². The van der Waals surface area contributed by atoms with Gasteiger partial charge < -0.3 is 14.0 Å². The van der Waals surface area contributed by atoms with Crippen molar-refractivity contribution in [3.8, 4) is 0 Å². The molecule has 0 radical (unpaired) electrons. The molecule has 0 aliphatic rings. The highest BCUT2D eigenvalue weighted by Gasteiger charge is 2.12. The third-order valence-electron chi connectivity index (χ3n) is 3.43. The van der Waals surface area contributed by atoms with Gasteiger partial charge in [0.1, 0.15) is 0 Å². The number of fused-ring (bicyclic) bond motifs is 1. The van der Waals surface area contributed by atoms with Crippen molar-refractivity contribution in [3.63, 3.8) is 0 Å². The average molecular weight is 350 g/mol. The number of hydrogen-bond donors (Lipinski definition) is 0. The molecule has 0 aliphatic heterocycles. The lowest BCUT2D eigenvalue weighted by molar-refractivity contribution is -0.118. The second-order valence-electron chi connectivity index (χ2n) is 5.81. The summed E-state index contributed by atoms with van der Waals surface area (Å²) in [7, 11) is 2.98. The van der Waals surface area contributed by atoms with E-state index in [1.165, 1.54) is 18.4 Å². The second kappa shape index (κ2) is 8.21. The summed E-state index contributed by atoms with van der Waals surface area (Å²) in [5.74, 6) is -0.270. The number of carbonyl (C=O) groups excluding carboxylic acids is 2. The summed E-state index contributed by atoms with van der Waals surface area (Å²) >= 11 is 1.38. The summed E-state index contributed by atoms with van der Waals surface area (Å²) in [5.41, 5.74) is 1.39. The zero-order valence-corrected chi connectivity index (χ0v) is 15.2. The average Bonchev–Trinajstić information content (AvgIpc) is 2.87. The van der Waals surface area contributed by atoms with Gasteiger partial charge in [0, 0.05) is 20.1 Å². The number of amides is 1. The molecule has 0 saturated carbocycles. The first-order valence-corrected chi connectivity index (χ1v) is 8.56. The molecule has 130 valence electrons. The molecule has 0 aliphatic carbocycles. The van der Waals surface area contributed by atoms with E-state index < -0.39 is 0 Å². The predicted molar refractivity (Wildman–Crippen MR) is 93.1 cm³/mol. The molecule has 7 heteroatoms. The molecule has 1 amide bonds. The molecule has 1 heterocycles. The molecule has 1 aromatic heterocycles. The zero-order chi connectivity index (χ0) is 17.7. The van der Waals surface area contributed by atoms with Crippen molar-refractivity contribution in [1.29, 1.82) is 0 Å². The number of nitrogens with zero attached hydrogens (tertiary/aromatic N) is 2. The molecule has 2 rings (SSSR count). The normalized spacial score (nSPS) is 12.1. The number of methoxy groups -OCH3 is 2. The fourth-order valence-corrected chi connectivity index (χ4v) is 3.42. The first-order chi connectivity index (χ1) is 11.5. The van der Waals surface area contributed by atoms with Crippen LogP contribution in [0.25, 0.3) is 10.2 Å². The van der Waals surface area contributed by atoms with Crippen LogP contribution in [0.3, 0.4) is 0 Å². The Labute approximate surface area is 144 Å². The van der Waals surface area contributed by atoms with Crippen LogP contribution in [0.5, 0.6) is 0 Å². The minimum Gasteiger partial charge on any atom is -0.465 e. The van der Waals surface area contributed by atoms with Crippen molar-refractivity contribution in [2.45, 2.75) is 26.8 Å². The Morgan fingerprint density at radius 2 is 2.04 bits per heavy atom. The van der Waals surface area contributed by atoms with Crippen LogP contribution in [0.2, 0.25) is 0 Å². The molecule has 0 N–H and O–H groups in total. The molecule has 0 unspecified atom stereocenters. The van der Waals surface area contributed by atoms with E-state index in [4.69, 9.17) is 9.47 Å². The largest absolute Gasteiger partial charge is 0.465 e. The third-order valence-corrected chi connectivity index (χ3v) is 4.47. The van der Waals surface area contributed by atoms with Crippen LogP contribution >= 0.6 is 11.3 Å². The van der Waals surface area contributed by atoms with Crippen molar-refractivity contribution in [2.75, 3.05) is 20.8 Å². The van der Waals surface area contributed by atoms with E-state index in [1.807, 2.05) is 24.5 Å². The molecule has 0 atom stereocenters. The number of thiazole rings is 1. The first-order valence-electron chi connectivity index (χ1n) is 7.74. The maximum absolute atomic E-state index is 12.1. The summed E-state index contributed by atoms with van der Waals surface area (Å²) in [5, 5.41) is 0. The van der Waals surface area contributed by atoms with Gasteiger partial charge in [-0.05, 0) is 24.1 Å². The van der Waals surface area contributed by atoms with Crippen molar-refractivity contribution in [3.05, 3.63) is 28.6 Å². The van der Waals surface area contributed by atoms with Gasteiger partial charge in [-0.1, -0.05) is 25.2 Å². The fourth-order valence-electron chi connectivity index (χ4n) is 2.30. The number of esters is 1. The van der Waals surface area contributed by atoms with Gasteiger partial charge in [-0.15, -0.1) is 0 Å². The van der Waals surface area contributed by atoms with Crippen molar-refractivity contribution >= 4 is 33.4 Å². The van der Waals surface area contributed by atoms with E-state index >= 15 is 0 Å². The molecular formula is C17H22N2O4S. The zero-order valence-electron chi connectivity index (χ0n) is 14.4. The first kappa shape index (κ1) is 18.4. The van der Waals surface area contributed by atoms with Crippen LogP contribution in [0.1, 0.15) is 30.6 Å². The predicted octanol–water partition coefficient (Wildman–Crippen LogP) is 2.61. The van der Waals surface area contributed by atoms with E-state index in [0.717, 1.165) is 10.2 Å². The van der Waals surface area contributed by atoms with Crippen molar-refractivity contribution in [1.82, 2.24) is 4.57 Å². The fraction of sp³-hybridized carbons (Fsp3) is 0.471. The Balaban J connectivity index is 2.53. The van der Waals surface area contributed by atoms with Gasteiger partial charge in [0.25, 0.3) is 0 Å². The van der Waals surface area contributed by atoms with E-state index in [-0.39, 0.29) is 17.8 Å². The smallest absolute Gasteiger partial charge is 0.337 e. The summed E-state index contributed by atoms with van der Waals surface area (Å²) < 4.78 is 12.7. The minimum atomic E-state index is -0.386. The molecule has 1 aromatic carbocycles. The van der Waals surface area contributed by atoms with Gasteiger partial charge in [0.15, 0.2) is 4.80 Å². The van der Waals surface area contributed by atoms with Crippen LogP contribution in [-0.2, 0) is 20.8 Å². The van der Waals surface area contributed by atoms with E-state index in [2.05, 4.69) is 4.99 Å². The SMILES string of the molecule is COCCn1c(=NC(=O)CC(C)C)sc2cc(C(=O)OC)ccc21. The number of rotatable bonds is 6. The lowest BCUT2D eigenvalue weighted by Gasteiger charge is -2.05. The number of carbonyl (C=O) groups is 2. The molecule has 0 spiro atoms. The van der Waals surface area contributed by atoms with Crippen LogP contribution in [0.4, 0.5) is 0 Å². The highest BCUT2D eigenvalue weighted by atomic mass is 32.1. The highest BCUT2D eigenvalue weighted by Crippen LogP contribution is 2.20. The van der Waals surface area contributed by atoms with Crippen LogP contribution < -0.4 is 4.80 Å². The maximum atomic E-state index is 12.1. The summed E-state index contributed by atoms with van der Waals surface area (Å²) in [6.07, 6.45) is 0.409. The van der Waals surface area contributed by atoms with Gasteiger partial charge in [0.2, 0.25) is 5.91 Å². The molecule has 0 bridgehead atoms. The van der Waals surface area contributed by atoms with Crippen molar-refractivity contribution in [2.24, 2.45) is 10.9 Å². The standard InChI is InChI=1S/C17H22N2O4S/c1-11(2)9-15(20)18-17-19(7-8-22-3)13-6-5-12(16(21)23-4)10-14(13)24-17/h5-6,10-11H,7-9H2,1-4H3. The Kier molecular flexibility index (Phi) is 6.28. The summed E-state index contributed by atoms with van der Waals surface area (Å²) in [6.45, 7) is 5.07. The lowest BCUT2D eigenvalue weighted by Crippen LogP contribution is -2.19. The Bertz CT molecular complexity index is 805. The number of ether oxygens (including phenoxy) is 2. The van der Waals surface area contributed by atoms with Gasteiger partial charge in [-0.25, -0.2) is 4.79 Å². The lowest BCUT2D eigenvalue weighted by atomic mass is 10.1. The summed E-state index contributed by atoms with van der Waals surface area (Å²) in [6, 6.07) is 5.32. The number of hydrogen-bond acceptors (Lipinski definition) is 5. The number of aromatic nitrogens is 1. The highest BCUT2D eigenvalue weighted by molar-refractivity contribution is 7.16. The third kappa shape index (κ3) is 4.30. The molecule has 24 heavy (non-hydrogen) atoms. The Morgan fingerprint density at radius 1 is 1.29 bits per heavy atom. The topological polar surface area (TPSA) is 69.9 Å². The molecule has 0 saturated heterocycles. The van der Waals surface area contributed by atoms with Gasteiger partial charge in [0.05, 0.1) is 29.5 Å². The van der Waals surface area contributed by atoms with Crippen LogP contribution in [-0.4, -0.2) is 37.3 Å². The molecule has 0 fully saturated rings. The summed E-state index contributed by atoms with van der Waals surface area (Å²) in [4.78, 5) is 28.6. The molecule has 6 nitrogen and oxygen atoms in total. The minimum absolute atomic E-state index is 0.143. The van der Waals surface area contributed by atoms with E-state index in [0.29, 0.717) is 29.9 Å². The van der Waals surface area contributed by atoms with Gasteiger partial charge in [-0.2, -0.15) is 4.99 Å². The second-order valence-corrected chi connectivity index (χ2v) is 6.82. The van der Waals surface area contributed by atoms with Gasteiger partial charge in [-0.3, -0.25) is 4.79 Å². The number of benzene rings is 1. The molecular weight excluding hydrogens is 328 g/mol. The Morgan fingerprint density at radius 3 is 2.67 bits per heavy atom. The van der Waals surface area contributed by atoms with Gasteiger partial charge >= 0.3 is 5.97 Å². The van der Waals surface area contributed by atoms with Crippen molar-refractivity contribution < 1.29 is 19.1 Å². The quantitative estimate of drug-likeness (QED) is 0.751. The molecule has 2 aromatic rings. The van der Waals surface area contributed by atoms with Crippen LogP contribution in [0, 0.1) is 5.92 Å². The monoisotopic (exact) mass is 350 g/mol. The Hall–Kier alpha value is -1.99. The van der Waals surface area contributed by atoms with E-state index in [9.17, 15) is 9.59 Å². The maximum Gasteiger partial charge on any atom is 0.337 e.